The van der Waals surface area contributed by atoms with E-state index in [0.29, 0.717) is 18.2 Å². The van der Waals surface area contributed by atoms with Gasteiger partial charge in [-0.3, -0.25) is 14.9 Å². The van der Waals surface area contributed by atoms with Gasteiger partial charge in [-0.25, -0.2) is 0 Å². The Morgan fingerprint density at radius 1 is 1.58 bits per heavy atom. The number of hydrogen-bond acceptors (Lipinski definition) is 5. The number of amides is 1. The second-order valence-electron chi connectivity index (χ2n) is 5.19. The predicted octanol–water partition coefficient (Wildman–Crippen LogP) is 1.44. The van der Waals surface area contributed by atoms with Gasteiger partial charge >= 0.3 is 5.88 Å². The van der Waals surface area contributed by atoms with Crippen molar-refractivity contribution in [3.63, 3.8) is 0 Å². The molecule has 1 aromatic heterocycles. The zero-order valence-corrected chi connectivity index (χ0v) is 10.9. The number of rotatable bonds is 4. The number of nitrogens with zero attached hydrogens (tertiary/aromatic N) is 2. The van der Waals surface area contributed by atoms with Gasteiger partial charge in [0.15, 0.2) is 0 Å². The predicted molar refractivity (Wildman–Crippen MR) is 67.2 cm³/mol. The minimum absolute atomic E-state index is 0.0368. The molecule has 1 aliphatic rings. The Bertz CT molecular complexity index is 497. The molecule has 2 atom stereocenters. The molecule has 0 aliphatic carbocycles. The van der Waals surface area contributed by atoms with Crippen LogP contribution in [0.5, 0.6) is 0 Å². The molecule has 0 bridgehead atoms. The standard InChI is InChI=1S/C12H17N3O4/c1-7(2)6-14-10(16)5-8(13)12(14)9-3-4-11(19-9)15(17)18/h3-4,7-8,12H,5-6,13H2,1-2H3. The summed E-state index contributed by atoms with van der Waals surface area (Å²) >= 11 is 0. The number of likely N-dealkylation sites (tertiary alicyclic amines) is 1. The summed E-state index contributed by atoms with van der Waals surface area (Å²) in [5, 5.41) is 10.6. The van der Waals surface area contributed by atoms with Crippen LogP contribution < -0.4 is 5.73 Å². The smallest absolute Gasteiger partial charge is 0.404 e. The Morgan fingerprint density at radius 2 is 2.26 bits per heavy atom. The highest BCUT2D eigenvalue weighted by Crippen LogP contribution is 2.34. The van der Waals surface area contributed by atoms with Gasteiger partial charge in [-0.1, -0.05) is 13.8 Å². The number of carbonyl (C=O) groups is 1. The minimum atomic E-state index is -0.599. The number of hydrogen-bond donors (Lipinski definition) is 1. The maximum atomic E-state index is 11.9. The maximum Gasteiger partial charge on any atom is 0.433 e. The number of furan rings is 1. The summed E-state index contributed by atoms with van der Waals surface area (Å²) in [6.45, 7) is 4.56. The molecule has 0 aromatic carbocycles. The van der Waals surface area contributed by atoms with Gasteiger partial charge in [0.25, 0.3) is 0 Å². The van der Waals surface area contributed by atoms with Crippen molar-refractivity contribution in [3.05, 3.63) is 28.0 Å². The van der Waals surface area contributed by atoms with E-state index in [4.69, 9.17) is 10.2 Å². The highest BCUT2D eigenvalue weighted by molar-refractivity contribution is 5.80. The van der Waals surface area contributed by atoms with Crippen molar-refractivity contribution in [3.8, 4) is 0 Å². The summed E-state index contributed by atoms with van der Waals surface area (Å²) in [6.07, 6.45) is 0.242. The summed E-state index contributed by atoms with van der Waals surface area (Å²) in [4.78, 5) is 23.6. The lowest BCUT2D eigenvalue weighted by Gasteiger charge is -2.26. The van der Waals surface area contributed by atoms with E-state index in [-0.39, 0.29) is 18.2 Å². The van der Waals surface area contributed by atoms with E-state index in [0.717, 1.165) is 0 Å². The third-order valence-electron chi connectivity index (χ3n) is 3.12. The van der Waals surface area contributed by atoms with Crippen LogP contribution in [0.3, 0.4) is 0 Å². The van der Waals surface area contributed by atoms with Crippen molar-refractivity contribution < 1.29 is 14.1 Å². The molecule has 0 saturated carbocycles. The molecular weight excluding hydrogens is 250 g/mol. The van der Waals surface area contributed by atoms with Gasteiger partial charge in [-0.05, 0) is 12.0 Å². The first kappa shape index (κ1) is 13.5. The van der Waals surface area contributed by atoms with Crippen molar-refractivity contribution in [1.82, 2.24) is 4.90 Å². The molecule has 2 rings (SSSR count). The average Bonchev–Trinajstić information content (AvgIpc) is 2.85. The van der Waals surface area contributed by atoms with E-state index in [2.05, 4.69) is 0 Å². The fourth-order valence-corrected chi connectivity index (χ4v) is 2.39. The van der Waals surface area contributed by atoms with Crippen LogP contribution in [0.25, 0.3) is 0 Å². The van der Waals surface area contributed by atoms with Gasteiger partial charge < -0.3 is 15.1 Å². The topological polar surface area (TPSA) is 103 Å². The second-order valence-corrected chi connectivity index (χ2v) is 5.19. The van der Waals surface area contributed by atoms with E-state index in [9.17, 15) is 14.9 Å². The van der Waals surface area contributed by atoms with Crippen LogP contribution in [0, 0.1) is 16.0 Å². The second kappa shape index (κ2) is 5.00. The van der Waals surface area contributed by atoms with E-state index in [1.165, 1.54) is 12.1 Å². The highest BCUT2D eigenvalue weighted by Gasteiger charge is 2.41. The lowest BCUT2D eigenvalue weighted by Crippen LogP contribution is -2.35. The molecule has 2 unspecified atom stereocenters. The van der Waals surface area contributed by atoms with Gasteiger partial charge in [0.1, 0.15) is 16.7 Å². The molecule has 1 amide bonds. The minimum Gasteiger partial charge on any atom is -0.404 e. The zero-order chi connectivity index (χ0) is 14.2. The summed E-state index contributed by atoms with van der Waals surface area (Å²) in [5.41, 5.74) is 5.96. The quantitative estimate of drug-likeness (QED) is 0.656. The Labute approximate surface area is 110 Å². The number of carbonyl (C=O) groups excluding carboxylic acids is 1. The summed E-state index contributed by atoms with van der Waals surface area (Å²) < 4.78 is 5.19. The van der Waals surface area contributed by atoms with Crippen molar-refractivity contribution in [1.29, 1.82) is 0 Å². The van der Waals surface area contributed by atoms with Crippen molar-refractivity contribution in [2.45, 2.75) is 32.4 Å². The lowest BCUT2D eigenvalue weighted by atomic mass is 10.1. The molecular formula is C12H17N3O4. The third kappa shape index (κ3) is 2.60. The van der Waals surface area contributed by atoms with Gasteiger partial charge in [0, 0.05) is 19.0 Å². The zero-order valence-electron chi connectivity index (χ0n) is 10.9. The fourth-order valence-electron chi connectivity index (χ4n) is 2.39. The van der Waals surface area contributed by atoms with Gasteiger partial charge in [-0.2, -0.15) is 0 Å². The molecule has 104 valence electrons. The van der Waals surface area contributed by atoms with Crippen LogP contribution in [-0.2, 0) is 4.79 Å². The number of nitro groups is 1. The van der Waals surface area contributed by atoms with E-state index in [1.807, 2.05) is 13.8 Å². The Morgan fingerprint density at radius 3 is 2.79 bits per heavy atom. The first-order chi connectivity index (χ1) is 8.90. The first-order valence-corrected chi connectivity index (χ1v) is 6.19. The van der Waals surface area contributed by atoms with Gasteiger partial charge in [-0.15, -0.1) is 0 Å². The maximum absolute atomic E-state index is 11.9. The fraction of sp³-hybridized carbons (Fsp3) is 0.583. The molecule has 2 heterocycles. The molecule has 1 saturated heterocycles. The summed E-state index contributed by atoms with van der Waals surface area (Å²) in [7, 11) is 0. The Hall–Kier alpha value is -1.89. The van der Waals surface area contributed by atoms with Crippen LogP contribution in [-0.4, -0.2) is 28.3 Å². The van der Waals surface area contributed by atoms with Gasteiger partial charge in [0.05, 0.1) is 6.07 Å². The molecule has 1 aromatic rings. The van der Waals surface area contributed by atoms with E-state index in [1.54, 1.807) is 4.90 Å². The molecule has 1 fully saturated rings. The molecule has 0 radical (unpaired) electrons. The van der Waals surface area contributed by atoms with Crippen LogP contribution in [0.15, 0.2) is 16.5 Å². The van der Waals surface area contributed by atoms with Crippen LogP contribution in [0.4, 0.5) is 5.88 Å². The first-order valence-electron chi connectivity index (χ1n) is 6.19. The van der Waals surface area contributed by atoms with Gasteiger partial charge in [0.2, 0.25) is 5.91 Å². The SMILES string of the molecule is CC(C)CN1C(=O)CC(N)C1c1ccc([N+](=O)[O-])o1. The Kier molecular flexibility index (Phi) is 3.57. The van der Waals surface area contributed by atoms with Crippen LogP contribution in [0.2, 0.25) is 0 Å². The lowest BCUT2D eigenvalue weighted by molar-refractivity contribution is -0.402. The molecule has 2 N–H and O–H groups in total. The van der Waals surface area contributed by atoms with E-state index >= 15 is 0 Å². The molecule has 7 heteroatoms. The largest absolute Gasteiger partial charge is 0.433 e. The van der Waals surface area contributed by atoms with Crippen molar-refractivity contribution >= 4 is 11.8 Å². The number of nitrogens with two attached hydrogens (primary N) is 1. The molecule has 19 heavy (non-hydrogen) atoms. The van der Waals surface area contributed by atoms with Crippen molar-refractivity contribution in [2.24, 2.45) is 11.7 Å². The summed E-state index contributed by atoms with van der Waals surface area (Å²) in [6, 6.07) is 2.01. The highest BCUT2D eigenvalue weighted by atomic mass is 16.6. The third-order valence-corrected chi connectivity index (χ3v) is 3.12. The molecule has 0 spiro atoms. The van der Waals surface area contributed by atoms with E-state index < -0.39 is 17.0 Å². The van der Waals surface area contributed by atoms with Crippen LogP contribution >= 0.6 is 0 Å². The van der Waals surface area contributed by atoms with Crippen LogP contribution in [0.1, 0.15) is 32.1 Å². The summed E-state index contributed by atoms with van der Waals surface area (Å²) in [5.74, 6) is 0.309. The normalized spacial score (nSPS) is 23.4. The monoisotopic (exact) mass is 267 g/mol. The molecule has 7 nitrogen and oxygen atoms in total. The van der Waals surface area contributed by atoms with Crippen molar-refractivity contribution in [2.75, 3.05) is 6.54 Å². The Balaban J connectivity index is 2.28. The molecule has 1 aliphatic heterocycles. The average molecular weight is 267 g/mol.